The SMILES string of the molecule is CNC(=O)N[C@@H]1CCC[C@H](C(C)C)C1. The summed E-state index contributed by atoms with van der Waals surface area (Å²) in [6, 6.07) is 0.343. The van der Waals surface area contributed by atoms with Crippen molar-refractivity contribution in [1.29, 1.82) is 0 Å². The van der Waals surface area contributed by atoms with Crippen LogP contribution in [0.25, 0.3) is 0 Å². The second-order valence-electron chi connectivity index (χ2n) is 4.59. The van der Waals surface area contributed by atoms with Crippen molar-refractivity contribution in [1.82, 2.24) is 10.6 Å². The average molecular weight is 198 g/mol. The van der Waals surface area contributed by atoms with E-state index in [-0.39, 0.29) is 6.03 Å². The van der Waals surface area contributed by atoms with Crippen LogP contribution in [0, 0.1) is 11.8 Å². The molecular formula is C11H22N2O. The van der Waals surface area contributed by atoms with Gasteiger partial charge < -0.3 is 10.6 Å². The van der Waals surface area contributed by atoms with Gasteiger partial charge in [-0.3, -0.25) is 0 Å². The van der Waals surface area contributed by atoms with Gasteiger partial charge >= 0.3 is 6.03 Å². The number of rotatable bonds is 2. The van der Waals surface area contributed by atoms with Gasteiger partial charge in [0.15, 0.2) is 0 Å². The van der Waals surface area contributed by atoms with E-state index < -0.39 is 0 Å². The first-order valence-corrected chi connectivity index (χ1v) is 5.61. The maximum absolute atomic E-state index is 11.1. The molecule has 0 aromatic heterocycles. The zero-order valence-electron chi connectivity index (χ0n) is 9.47. The first-order chi connectivity index (χ1) is 6.63. The molecule has 2 atom stereocenters. The van der Waals surface area contributed by atoms with E-state index in [4.69, 9.17) is 0 Å². The van der Waals surface area contributed by atoms with Gasteiger partial charge in [0, 0.05) is 13.1 Å². The Morgan fingerprint density at radius 3 is 2.64 bits per heavy atom. The van der Waals surface area contributed by atoms with Gasteiger partial charge in [-0.2, -0.15) is 0 Å². The minimum atomic E-state index is -0.0422. The van der Waals surface area contributed by atoms with Gasteiger partial charge in [-0.25, -0.2) is 4.79 Å². The molecule has 0 aromatic rings. The molecule has 0 saturated heterocycles. The van der Waals surface area contributed by atoms with Crippen LogP contribution in [0.15, 0.2) is 0 Å². The molecule has 82 valence electrons. The molecule has 0 aliphatic heterocycles. The Labute approximate surface area is 86.6 Å². The summed E-state index contributed by atoms with van der Waals surface area (Å²) < 4.78 is 0. The van der Waals surface area contributed by atoms with Gasteiger partial charge in [-0.15, -0.1) is 0 Å². The summed E-state index contributed by atoms with van der Waals surface area (Å²) >= 11 is 0. The van der Waals surface area contributed by atoms with Crippen molar-refractivity contribution >= 4 is 6.03 Å². The van der Waals surface area contributed by atoms with Crippen LogP contribution < -0.4 is 10.6 Å². The number of hydrogen-bond donors (Lipinski definition) is 2. The lowest BCUT2D eigenvalue weighted by Gasteiger charge is -2.31. The van der Waals surface area contributed by atoms with E-state index in [0.717, 1.165) is 24.7 Å². The monoisotopic (exact) mass is 198 g/mol. The first kappa shape index (κ1) is 11.3. The highest BCUT2D eigenvalue weighted by molar-refractivity contribution is 5.73. The summed E-state index contributed by atoms with van der Waals surface area (Å²) in [4.78, 5) is 11.1. The zero-order chi connectivity index (χ0) is 10.6. The Balaban J connectivity index is 2.36. The standard InChI is InChI=1S/C11H22N2O/c1-8(2)9-5-4-6-10(7-9)13-11(14)12-3/h8-10H,4-7H2,1-3H3,(H2,12,13,14)/t9-,10+/m0/s1. The van der Waals surface area contributed by atoms with Gasteiger partial charge in [0.1, 0.15) is 0 Å². The lowest BCUT2D eigenvalue weighted by molar-refractivity contribution is 0.213. The molecule has 14 heavy (non-hydrogen) atoms. The molecule has 1 saturated carbocycles. The summed E-state index contributed by atoms with van der Waals surface area (Å²) in [7, 11) is 1.66. The van der Waals surface area contributed by atoms with Crippen LogP contribution in [0.3, 0.4) is 0 Å². The maximum atomic E-state index is 11.1. The number of nitrogens with one attached hydrogen (secondary N) is 2. The molecule has 1 fully saturated rings. The van der Waals surface area contributed by atoms with Gasteiger partial charge in [0.05, 0.1) is 0 Å². The molecule has 0 unspecified atom stereocenters. The van der Waals surface area contributed by atoms with Crippen LogP contribution in [-0.2, 0) is 0 Å². The Kier molecular flexibility index (Phi) is 4.23. The van der Waals surface area contributed by atoms with Crippen LogP contribution >= 0.6 is 0 Å². The molecular weight excluding hydrogens is 176 g/mol. The van der Waals surface area contributed by atoms with Crippen molar-refractivity contribution in [3.63, 3.8) is 0 Å². The van der Waals surface area contributed by atoms with E-state index in [9.17, 15) is 4.79 Å². The number of amides is 2. The highest BCUT2D eigenvalue weighted by Crippen LogP contribution is 2.29. The van der Waals surface area contributed by atoms with E-state index in [2.05, 4.69) is 24.5 Å². The van der Waals surface area contributed by atoms with Crippen molar-refractivity contribution in [2.75, 3.05) is 7.05 Å². The third-order valence-electron chi connectivity index (χ3n) is 3.22. The number of hydrogen-bond acceptors (Lipinski definition) is 1. The predicted molar refractivity (Wildman–Crippen MR) is 58.2 cm³/mol. The minimum absolute atomic E-state index is 0.0422. The van der Waals surface area contributed by atoms with Crippen LogP contribution in [0.1, 0.15) is 39.5 Å². The first-order valence-electron chi connectivity index (χ1n) is 5.61. The fourth-order valence-corrected chi connectivity index (χ4v) is 2.22. The zero-order valence-corrected chi connectivity index (χ0v) is 9.47. The van der Waals surface area contributed by atoms with Gasteiger partial charge in [-0.1, -0.05) is 26.7 Å². The van der Waals surface area contributed by atoms with Crippen LogP contribution in [0.4, 0.5) is 4.79 Å². The normalized spacial score (nSPS) is 27.4. The van der Waals surface area contributed by atoms with Gasteiger partial charge in [-0.05, 0) is 24.7 Å². The van der Waals surface area contributed by atoms with Gasteiger partial charge in [0.25, 0.3) is 0 Å². The number of carbonyl (C=O) groups excluding carboxylic acids is 1. The Morgan fingerprint density at radius 1 is 1.36 bits per heavy atom. The van der Waals surface area contributed by atoms with Crippen LogP contribution in [0.2, 0.25) is 0 Å². The topological polar surface area (TPSA) is 41.1 Å². The predicted octanol–water partition coefficient (Wildman–Crippen LogP) is 2.13. The van der Waals surface area contributed by atoms with E-state index in [1.54, 1.807) is 7.05 Å². The lowest BCUT2D eigenvalue weighted by atomic mass is 9.79. The van der Waals surface area contributed by atoms with Crippen LogP contribution in [0.5, 0.6) is 0 Å². The van der Waals surface area contributed by atoms with Crippen molar-refractivity contribution in [2.24, 2.45) is 11.8 Å². The smallest absolute Gasteiger partial charge is 0.314 e. The van der Waals surface area contributed by atoms with E-state index in [1.807, 2.05) is 0 Å². The summed E-state index contributed by atoms with van der Waals surface area (Å²) in [6.07, 6.45) is 4.85. The third-order valence-corrected chi connectivity index (χ3v) is 3.22. The maximum Gasteiger partial charge on any atom is 0.314 e. The highest BCUT2D eigenvalue weighted by Gasteiger charge is 2.24. The van der Waals surface area contributed by atoms with Gasteiger partial charge in [0.2, 0.25) is 0 Å². The lowest BCUT2D eigenvalue weighted by Crippen LogP contribution is -2.43. The second-order valence-corrected chi connectivity index (χ2v) is 4.59. The van der Waals surface area contributed by atoms with Crippen LogP contribution in [-0.4, -0.2) is 19.1 Å². The molecule has 0 radical (unpaired) electrons. The molecule has 2 N–H and O–H groups in total. The van der Waals surface area contributed by atoms with E-state index >= 15 is 0 Å². The quantitative estimate of drug-likeness (QED) is 0.701. The third kappa shape index (κ3) is 3.20. The largest absolute Gasteiger partial charge is 0.341 e. The Bertz CT molecular complexity index is 192. The van der Waals surface area contributed by atoms with Crippen molar-refractivity contribution in [3.05, 3.63) is 0 Å². The summed E-state index contributed by atoms with van der Waals surface area (Å²) in [5.74, 6) is 1.52. The van der Waals surface area contributed by atoms with Crippen molar-refractivity contribution in [3.8, 4) is 0 Å². The molecule has 0 bridgehead atoms. The summed E-state index contributed by atoms with van der Waals surface area (Å²) in [5.41, 5.74) is 0. The molecule has 1 rings (SSSR count). The Hall–Kier alpha value is -0.730. The summed E-state index contributed by atoms with van der Waals surface area (Å²) in [6.45, 7) is 4.54. The van der Waals surface area contributed by atoms with E-state index in [0.29, 0.717) is 6.04 Å². The fraction of sp³-hybridized carbons (Fsp3) is 0.909. The fourth-order valence-electron chi connectivity index (χ4n) is 2.22. The molecule has 0 aromatic carbocycles. The molecule has 3 nitrogen and oxygen atoms in total. The minimum Gasteiger partial charge on any atom is -0.341 e. The Morgan fingerprint density at radius 2 is 2.07 bits per heavy atom. The molecule has 2 amide bonds. The molecule has 1 aliphatic rings. The average Bonchev–Trinajstić information content (AvgIpc) is 2.18. The molecule has 3 heteroatoms. The number of carbonyl (C=O) groups is 1. The molecule has 0 heterocycles. The van der Waals surface area contributed by atoms with Crippen molar-refractivity contribution < 1.29 is 4.79 Å². The summed E-state index contributed by atoms with van der Waals surface area (Å²) in [5, 5.41) is 5.61. The second kappa shape index (κ2) is 5.23. The molecule has 0 spiro atoms. The molecule has 1 aliphatic carbocycles. The number of urea groups is 1. The van der Waals surface area contributed by atoms with E-state index in [1.165, 1.54) is 12.8 Å². The highest BCUT2D eigenvalue weighted by atomic mass is 16.2. The van der Waals surface area contributed by atoms with Crippen molar-refractivity contribution in [2.45, 2.75) is 45.6 Å².